The summed E-state index contributed by atoms with van der Waals surface area (Å²) in [5.74, 6) is -0.178. The van der Waals surface area contributed by atoms with Crippen molar-refractivity contribution in [3.8, 4) is 0 Å². The molecule has 1 aromatic rings. The van der Waals surface area contributed by atoms with Crippen LogP contribution in [0.2, 0.25) is 0 Å². The summed E-state index contributed by atoms with van der Waals surface area (Å²) in [5.41, 5.74) is 0. The molecule has 0 aliphatic carbocycles. The molecule has 0 radical (unpaired) electrons. The molecule has 0 spiro atoms. The molecule has 4 nitrogen and oxygen atoms in total. The molecule has 0 saturated carbocycles. The van der Waals surface area contributed by atoms with Crippen molar-refractivity contribution in [2.75, 3.05) is 0 Å². The molecule has 72 valence electrons. The molecule has 0 atom stereocenters. The smallest absolute Gasteiger partial charge is 0.210 e. The molecule has 0 aliphatic heterocycles. The number of halogens is 1. The Hall–Kier alpha value is -1.74. The second-order valence-corrected chi connectivity index (χ2v) is 2.27. The Balaban J connectivity index is 0.000000241. The summed E-state index contributed by atoms with van der Waals surface area (Å²) < 4.78 is 17.6. The summed E-state index contributed by atoms with van der Waals surface area (Å²) in [6.07, 6.45) is 2.34. The second-order valence-electron chi connectivity index (χ2n) is 1.74. The molecule has 1 rings (SSSR count). The lowest BCUT2D eigenvalue weighted by atomic mass is 10.4. The standard InChI is InChI=1S/C6H5F.C2N2O2S/c7-6-4-2-1-3-5-6;5-1-3-7-4-2-6/h1-5H;. The first-order chi connectivity index (χ1) is 6.81. The van der Waals surface area contributed by atoms with Crippen molar-refractivity contribution < 1.29 is 14.0 Å². The first kappa shape index (κ1) is 12.3. The van der Waals surface area contributed by atoms with Crippen molar-refractivity contribution in [1.82, 2.24) is 0 Å². The van der Waals surface area contributed by atoms with E-state index in [1.165, 1.54) is 24.3 Å². The van der Waals surface area contributed by atoms with E-state index in [1.54, 1.807) is 18.2 Å². The molecule has 0 aliphatic rings. The molecule has 0 aromatic heterocycles. The Morgan fingerprint density at radius 3 is 1.86 bits per heavy atom. The van der Waals surface area contributed by atoms with Gasteiger partial charge < -0.3 is 0 Å². The van der Waals surface area contributed by atoms with Crippen molar-refractivity contribution in [2.24, 2.45) is 8.80 Å². The predicted molar refractivity (Wildman–Crippen MR) is 50.2 cm³/mol. The summed E-state index contributed by atoms with van der Waals surface area (Å²) >= 11 is 0.456. The lowest BCUT2D eigenvalue weighted by molar-refractivity contribution is 0.566. The summed E-state index contributed by atoms with van der Waals surface area (Å²) in [7, 11) is 0. The van der Waals surface area contributed by atoms with Crippen LogP contribution in [-0.2, 0) is 9.59 Å². The molecular formula is C8H5FN2O2S. The van der Waals surface area contributed by atoms with Crippen LogP contribution in [0.1, 0.15) is 0 Å². The average Bonchev–Trinajstić information content (AvgIpc) is 2.21. The number of hydrogen-bond acceptors (Lipinski definition) is 5. The lowest BCUT2D eigenvalue weighted by Gasteiger charge is -1.78. The Morgan fingerprint density at radius 1 is 1.07 bits per heavy atom. The van der Waals surface area contributed by atoms with E-state index in [4.69, 9.17) is 0 Å². The highest BCUT2D eigenvalue weighted by Crippen LogP contribution is 1.96. The minimum Gasteiger partial charge on any atom is -0.210 e. The summed E-state index contributed by atoms with van der Waals surface area (Å²) in [5, 5.41) is 0. The van der Waals surface area contributed by atoms with Gasteiger partial charge in [0.1, 0.15) is 18.0 Å². The van der Waals surface area contributed by atoms with E-state index in [0.717, 1.165) is 0 Å². The zero-order chi connectivity index (χ0) is 10.6. The molecule has 14 heavy (non-hydrogen) atoms. The van der Waals surface area contributed by atoms with Crippen LogP contribution in [0.15, 0.2) is 39.1 Å². The average molecular weight is 212 g/mol. The van der Waals surface area contributed by atoms with E-state index in [0.29, 0.717) is 12.1 Å². The van der Waals surface area contributed by atoms with Crippen molar-refractivity contribution in [3.05, 3.63) is 36.1 Å². The molecule has 0 bridgehead atoms. The Kier molecular flexibility index (Phi) is 8.19. The van der Waals surface area contributed by atoms with Crippen LogP contribution in [-0.4, -0.2) is 12.2 Å². The van der Waals surface area contributed by atoms with Crippen molar-refractivity contribution in [1.29, 1.82) is 0 Å². The highest BCUT2D eigenvalue weighted by atomic mass is 32.2. The van der Waals surface area contributed by atoms with Gasteiger partial charge in [0.15, 0.2) is 0 Å². The highest BCUT2D eigenvalue weighted by molar-refractivity contribution is 7.96. The van der Waals surface area contributed by atoms with Crippen molar-refractivity contribution >= 4 is 24.3 Å². The maximum atomic E-state index is 11.9. The molecule has 1 aromatic carbocycles. The zero-order valence-corrected chi connectivity index (χ0v) is 7.70. The molecule has 0 amide bonds. The summed E-state index contributed by atoms with van der Waals surface area (Å²) in [4.78, 5) is 18.4. The van der Waals surface area contributed by atoms with Gasteiger partial charge in [-0.25, -0.2) is 14.0 Å². The van der Waals surface area contributed by atoms with Crippen LogP contribution >= 0.6 is 12.1 Å². The Labute approximate surface area is 83.8 Å². The van der Waals surface area contributed by atoms with Crippen LogP contribution in [0, 0.1) is 5.82 Å². The number of carbonyl (C=O) groups excluding carboxylic acids is 2. The molecule has 0 saturated heterocycles. The minimum absolute atomic E-state index is 0.178. The number of hydrogen-bond donors (Lipinski definition) is 0. The van der Waals surface area contributed by atoms with E-state index >= 15 is 0 Å². The van der Waals surface area contributed by atoms with Crippen molar-refractivity contribution in [2.45, 2.75) is 0 Å². The zero-order valence-electron chi connectivity index (χ0n) is 6.88. The Bertz CT molecular complexity index is 330. The van der Waals surface area contributed by atoms with Crippen LogP contribution in [0.5, 0.6) is 0 Å². The fraction of sp³-hybridized carbons (Fsp3) is 0. The number of nitrogens with zero attached hydrogens (tertiary/aromatic N) is 2. The van der Waals surface area contributed by atoms with Gasteiger partial charge in [0, 0.05) is 0 Å². The van der Waals surface area contributed by atoms with Crippen molar-refractivity contribution in [3.63, 3.8) is 0 Å². The molecule has 0 fully saturated rings. The fourth-order valence-electron chi connectivity index (χ4n) is 0.468. The monoisotopic (exact) mass is 212 g/mol. The third-order valence-electron chi connectivity index (χ3n) is 0.889. The second kappa shape index (κ2) is 9.35. The molecule has 0 N–H and O–H groups in total. The molecule has 0 unspecified atom stereocenters. The fourth-order valence-corrected chi connectivity index (χ4v) is 0.576. The van der Waals surface area contributed by atoms with Gasteiger partial charge in [-0.15, -0.1) is 8.80 Å². The summed E-state index contributed by atoms with van der Waals surface area (Å²) in [6.45, 7) is 0. The summed E-state index contributed by atoms with van der Waals surface area (Å²) in [6, 6.07) is 7.94. The maximum absolute atomic E-state index is 11.9. The quantitative estimate of drug-likeness (QED) is 0.428. The Morgan fingerprint density at radius 2 is 1.57 bits per heavy atom. The van der Waals surface area contributed by atoms with Gasteiger partial charge in [0.05, 0.1) is 0 Å². The third-order valence-corrected chi connectivity index (χ3v) is 1.20. The lowest BCUT2D eigenvalue weighted by Crippen LogP contribution is -1.63. The number of isocyanates is 2. The van der Waals surface area contributed by atoms with E-state index in [2.05, 4.69) is 8.80 Å². The van der Waals surface area contributed by atoms with E-state index in [-0.39, 0.29) is 5.82 Å². The number of benzene rings is 1. The van der Waals surface area contributed by atoms with Crippen LogP contribution in [0.25, 0.3) is 0 Å². The molecular weight excluding hydrogens is 207 g/mol. The first-order valence-corrected chi connectivity index (χ1v) is 4.05. The van der Waals surface area contributed by atoms with Gasteiger partial charge in [0.2, 0.25) is 12.2 Å². The molecule has 6 heteroatoms. The maximum Gasteiger partial charge on any atom is 0.249 e. The van der Waals surface area contributed by atoms with E-state index in [9.17, 15) is 14.0 Å². The normalized spacial score (nSPS) is 7.21. The van der Waals surface area contributed by atoms with Gasteiger partial charge in [-0.2, -0.15) is 0 Å². The highest BCUT2D eigenvalue weighted by Gasteiger charge is 1.77. The van der Waals surface area contributed by atoms with Crippen LogP contribution < -0.4 is 0 Å². The first-order valence-electron chi connectivity index (χ1n) is 3.32. The van der Waals surface area contributed by atoms with Gasteiger partial charge in [0.25, 0.3) is 0 Å². The molecule has 0 heterocycles. The van der Waals surface area contributed by atoms with Gasteiger partial charge in [-0.3, -0.25) is 0 Å². The SMILES string of the molecule is Fc1ccccc1.O=C=NSN=C=O. The van der Waals surface area contributed by atoms with E-state index < -0.39 is 0 Å². The largest absolute Gasteiger partial charge is 0.249 e. The topological polar surface area (TPSA) is 58.9 Å². The third kappa shape index (κ3) is 8.36. The van der Waals surface area contributed by atoms with Crippen LogP contribution in [0.4, 0.5) is 4.39 Å². The number of rotatable bonds is 2. The van der Waals surface area contributed by atoms with Crippen LogP contribution in [0.3, 0.4) is 0 Å². The van der Waals surface area contributed by atoms with Gasteiger partial charge >= 0.3 is 0 Å². The van der Waals surface area contributed by atoms with Gasteiger partial charge in [-0.05, 0) is 12.1 Å². The minimum atomic E-state index is -0.178. The van der Waals surface area contributed by atoms with E-state index in [1.807, 2.05) is 0 Å². The predicted octanol–water partition coefficient (Wildman–Crippen LogP) is 2.05. The van der Waals surface area contributed by atoms with Gasteiger partial charge in [-0.1, -0.05) is 18.2 Å².